The molecule has 1 aliphatic heterocycles. The van der Waals surface area contributed by atoms with Crippen molar-refractivity contribution in [3.05, 3.63) is 46.2 Å². The Morgan fingerprint density at radius 1 is 1.35 bits per heavy atom. The van der Waals surface area contributed by atoms with Crippen LogP contribution in [-0.4, -0.2) is 17.3 Å². The summed E-state index contributed by atoms with van der Waals surface area (Å²) in [7, 11) is 0. The van der Waals surface area contributed by atoms with Gasteiger partial charge in [-0.2, -0.15) is 0 Å². The lowest BCUT2D eigenvalue weighted by Gasteiger charge is -2.28. The SMILES string of the molecule is CC(=O)C1C=CC2=NC=C3CC4=C(CC(C)C4=O)C1=C32. The molecule has 0 spiro atoms. The number of carbonyl (C=O) groups excluding carboxylic acids is 2. The van der Waals surface area contributed by atoms with Crippen molar-refractivity contribution in [1.29, 1.82) is 0 Å². The van der Waals surface area contributed by atoms with E-state index in [9.17, 15) is 9.59 Å². The highest BCUT2D eigenvalue weighted by Crippen LogP contribution is 2.49. The minimum atomic E-state index is -0.214. The molecule has 0 amide bonds. The van der Waals surface area contributed by atoms with Crippen LogP contribution in [0.3, 0.4) is 0 Å². The van der Waals surface area contributed by atoms with Crippen LogP contribution in [0.15, 0.2) is 51.2 Å². The lowest BCUT2D eigenvalue weighted by Crippen LogP contribution is -2.24. The third-order valence-corrected chi connectivity index (χ3v) is 4.71. The average Bonchev–Trinajstić information content (AvgIpc) is 2.95. The molecular formula is C17H15NO2. The zero-order valence-corrected chi connectivity index (χ0v) is 11.6. The Morgan fingerprint density at radius 2 is 2.15 bits per heavy atom. The second-order valence-corrected chi connectivity index (χ2v) is 6.01. The molecular weight excluding hydrogens is 250 g/mol. The van der Waals surface area contributed by atoms with E-state index in [1.807, 2.05) is 25.3 Å². The number of rotatable bonds is 1. The largest absolute Gasteiger partial charge is 0.299 e. The Hall–Kier alpha value is -2.03. The minimum absolute atomic E-state index is 0.0476. The van der Waals surface area contributed by atoms with E-state index in [1.54, 1.807) is 6.92 Å². The number of nitrogens with zero attached hydrogens (tertiary/aromatic N) is 1. The molecule has 4 rings (SSSR count). The van der Waals surface area contributed by atoms with Crippen LogP contribution < -0.4 is 0 Å². The molecule has 3 aliphatic carbocycles. The van der Waals surface area contributed by atoms with Crippen molar-refractivity contribution in [3.63, 3.8) is 0 Å². The Kier molecular flexibility index (Phi) is 2.21. The average molecular weight is 265 g/mol. The van der Waals surface area contributed by atoms with Gasteiger partial charge in [0.1, 0.15) is 5.78 Å². The molecule has 1 heterocycles. The first kappa shape index (κ1) is 11.8. The van der Waals surface area contributed by atoms with Gasteiger partial charge in [-0.15, -0.1) is 0 Å². The first-order chi connectivity index (χ1) is 9.58. The fourth-order valence-corrected chi connectivity index (χ4v) is 3.75. The van der Waals surface area contributed by atoms with Crippen LogP contribution in [0.4, 0.5) is 0 Å². The fraction of sp³-hybridized carbons (Fsp3) is 0.353. The van der Waals surface area contributed by atoms with Gasteiger partial charge >= 0.3 is 0 Å². The maximum absolute atomic E-state index is 12.3. The fourth-order valence-electron chi connectivity index (χ4n) is 3.75. The first-order valence-electron chi connectivity index (χ1n) is 7.05. The van der Waals surface area contributed by atoms with Crippen LogP contribution in [0.2, 0.25) is 0 Å². The Labute approximate surface area is 117 Å². The topological polar surface area (TPSA) is 46.5 Å². The van der Waals surface area contributed by atoms with E-state index < -0.39 is 0 Å². The normalized spacial score (nSPS) is 30.4. The Morgan fingerprint density at radius 3 is 2.90 bits per heavy atom. The summed E-state index contributed by atoms with van der Waals surface area (Å²) in [5, 5.41) is 0. The summed E-state index contributed by atoms with van der Waals surface area (Å²) in [5.74, 6) is 0.216. The number of ketones is 2. The number of allylic oxidation sites excluding steroid dienone is 7. The van der Waals surface area contributed by atoms with Gasteiger partial charge in [0.25, 0.3) is 0 Å². The van der Waals surface area contributed by atoms with Crippen molar-refractivity contribution in [2.75, 3.05) is 0 Å². The van der Waals surface area contributed by atoms with E-state index in [4.69, 9.17) is 0 Å². The van der Waals surface area contributed by atoms with E-state index in [1.165, 1.54) is 0 Å². The molecule has 3 heteroatoms. The van der Waals surface area contributed by atoms with Crippen molar-refractivity contribution in [2.24, 2.45) is 16.8 Å². The zero-order valence-electron chi connectivity index (χ0n) is 11.6. The molecule has 100 valence electrons. The van der Waals surface area contributed by atoms with E-state index in [-0.39, 0.29) is 23.4 Å². The van der Waals surface area contributed by atoms with Crippen molar-refractivity contribution in [3.8, 4) is 0 Å². The van der Waals surface area contributed by atoms with Crippen molar-refractivity contribution in [2.45, 2.75) is 26.7 Å². The van der Waals surface area contributed by atoms with Gasteiger partial charge in [0.05, 0.1) is 11.6 Å². The molecule has 0 saturated carbocycles. The summed E-state index contributed by atoms with van der Waals surface area (Å²) in [6, 6.07) is 0. The standard InChI is InChI=1S/C17H15NO2/c1-8-5-12-13(17(8)20)6-10-7-18-14-4-3-11(9(2)19)16(12)15(10)14/h3-4,7-8,11H,5-6H2,1-2H3. The molecule has 0 aromatic heterocycles. The van der Waals surface area contributed by atoms with Gasteiger partial charge in [-0.1, -0.05) is 13.0 Å². The number of Topliss-reactive ketones (excluding diaryl/α,β-unsaturated/α-hetero) is 2. The summed E-state index contributed by atoms with van der Waals surface area (Å²) in [6.07, 6.45) is 7.19. The maximum atomic E-state index is 12.3. The van der Waals surface area contributed by atoms with Crippen LogP contribution >= 0.6 is 0 Å². The predicted octanol–water partition coefficient (Wildman–Crippen LogP) is 2.71. The third kappa shape index (κ3) is 1.33. The number of carbonyl (C=O) groups is 2. The van der Waals surface area contributed by atoms with Gasteiger partial charge in [0.15, 0.2) is 5.78 Å². The summed E-state index contributed by atoms with van der Waals surface area (Å²) in [5.41, 5.74) is 6.27. The number of fused-ring (bicyclic) bond motifs is 1. The third-order valence-electron chi connectivity index (χ3n) is 4.71. The smallest absolute Gasteiger partial charge is 0.162 e. The molecule has 4 aliphatic rings. The summed E-state index contributed by atoms with van der Waals surface area (Å²) < 4.78 is 0. The minimum Gasteiger partial charge on any atom is -0.299 e. The Bertz CT molecular complexity index is 728. The van der Waals surface area contributed by atoms with Gasteiger partial charge in [-0.3, -0.25) is 14.6 Å². The van der Waals surface area contributed by atoms with Gasteiger partial charge in [-0.25, -0.2) is 0 Å². The summed E-state index contributed by atoms with van der Waals surface area (Å²) in [6.45, 7) is 3.60. The molecule has 0 saturated heterocycles. The van der Waals surface area contributed by atoms with Gasteiger partial charge < -0.3 is 0 Å². The molecule has 3 nitrogen and oxygen atoms in total. The molecule has 0 radical (unpaired) electrons. The highest BCUT2D eigenvalue weighted by molar-refractivity contribution is 6.18. The molecule has 20 heavy (non-hydrogen) atoms. The zero-order chi connectivity index (χ0) is 14.0. The molecule has 2 unspecified atom stereocenters. The van der Waals surface area contributed by atoms with Gasteiger partial charge in [0, 0.05) is 29.7 Å². The second-order valence-electron chi connectivity index (χ2n) is 6.01. The first-order valence-corrected chi connectivity index (χ1v) is 7.05. The predicted molar refractivity (Wildman–Crippen MR) is 76.3 cm³/mol. The van der Waals surface area contributed by atoms with E-state index in [0.29, 0.717) is 6.42 Å². The van der Waals surface area contributed by atoms with Crippen LogP contribution in [-0.2, 0) is 9.59 Å². The molecule has 0 bridgehead atoms. The number of aliphatic imine (C=N–C) groups is 1. The molecule has 0 fully saturated rings. The van der Waals surface area contributed by atoms with Crippen molar-refractivity contribution < 1.29 is 9.59 Å². The lowest BCUT2D eigenvalue weighted by molar-refractivity contribution is -0.119. The van der Waals surface area contributed by atoms with Crippen LogP contribution in [0.5, 0.6) is 0 Å². The number of hydrogen-bond donors (Lipinski definition) is 0. The van der Waals surface area contributed by atoms with Crippen LogP contribution in [0.1, 0.15) is 26.7 Å². The molecule has 2 atom stereocenters. The second kappa shape index (κ2) is 3.75. The highest BCUT2D eigenvalue weighted by Gasteiger charge is 2.42. The van der Waals surface area contributed by atoms with Gasteiger partial charge in [0.2, 0.25) is 0 Å². The van der Waals surface area contributed by atoms with Crippen LogP contribution in [0.25, 0.3) is 0 Å². The molecule has 0 aromatic rings. The van der Waals surface area contributed by atoms with Crippen LogP contribution in [0, 0.1) is 11.8 Å². The van der Waals surface area contributed by atoms with Crippen molar-refractivity contribution in [1.82, 2.24) is 0 Å². The molecule has 0 N–H and O–H groups in total. The maximum Gasteiger partial charge on any atom is 0.162 e. The lowest BCUT2D eigenvalue weighted by atomic mass is 9.73. The highest BCUT2D eigenvalue weighted by atomic mass is 16.1. The number of hydrogen-bond acceptors (Lipinski definition) is 3. The summed E-state index contributed by atoms with van der Waals surface area (Å²) >= 11 is 0. The van der Waals surface area contributed by atoms with E-state index in [0.717, 1.165) is 40.0 Å². The van der Waals surface area contributed by atoms with E-state index in [2.05, 4.69) is 4.99 Å². The van der Waals surface area contributed by atoms with E-state index >= 15 is 0 Å². The van der Waals surface area contributed by atoms with Gasteiger partial charge in [-0.05, 0) is 36.1 Å². The monoisotopic (exact) mass is 265 g/mol. The Balaban J connectivity index is 1.96. The summed E-state index contributed by atoms with van der Waals surface area (Å²) in [4.78, 5) is 28.7. The quantitative estimate of drug-likeness (QED) is 0.731. The molecule has 0 aromatic carbocycles. The van der Waals surface area contributed by atoms with Crippen molar-refractivity contribution >= 4 is 17.3 Å².